The average molecular weight is 417 g/mol. The van der Waals surface area contributed by atoms with E-state index in [0.29, 0.717) is 25.5 Å². The largest absolute Gasteiger partial charge is 0.444 e. The Bertz CT molecular complexity index is 783. The van der Waals surface area contributed by atoms with Crippen LogP contribution in [0.15, 0.2) is 12.4 Å². The first-order valence-electron chi connectivity index (χ1n) is 11.1. The molecule has 3 fully saturated rings. The lowest BCUT2D eigenvalue weighted by molar-refractivity contribution is 0.0196. The first kappa shape index (κ1) is 20.9. The lowest BCUT2D eigenvalue weighted by Gasteiger charge is -2.33. The molecule has 1 aromatic rings. The standard InChI is InChI=1S/C22H32N4O4/c1-21(2,3)29-19(27)25-11-7-8-16(14-25)17-12-24-18(13-23-17)26-15-22(30-20(26)28)9-5-4-6-10-22/h12-13,16H,4-11,14-15H2,1-3H3. The van der Waals surface area contributed by atoms with Gasteiger partial charge in [0.15, 0.2) is 5.82 Å². The van der Waals surface area contributed by atoms with Gasteiger partial charge in [-0.25, -0.2) is 14.6 Å². The molecule has 1 unspecified atom stereocenters. The van der Waals surface area contributed by atoms with Gasteiger partial charge >= 0.3 is 12.2 Å². The van der Waals surface area contributed by atoms with Crippen molar-refractivity contribution >= 4 is 18.0 Å². The van der Waals surface area contributed by atoms with Crippen LogP contribution in [0.5, 0.6) is 0 Å². The van der Waals surface area contributed by atoms with Gasteiger partial charge in [0.05, 0.1) is 24.6 Å². The Hall–Kier alpha value is -2.38. The number of amides is 2. The number of ether oxygens (including phenoxy) is 2. The lowest BCUT2D eigenvalue weighted by atomic mass is 9.85. The normalized spacial score (nSPS) is 24.1. The van der Waals surface area contributed by atoms with Crippen molar-refractivity contribution in [2.75, 3.05) is 24.5 Å². The van der Waals surface area contributed by atoms with E-state index in [9.17, 15) is 9.59 Å². The van der Waals surface area contributed by atoms with Gasteiger partial charge in [-0.15, -0.1) is 0 Å². The Kier molecular flexibility index (Phi) is 5.59. The van der Waals surface area contributed by atoms with Gasteiger partial charge in [0, 0.05) is 19.0 Å². The third kappa shape index (κ3) is 4.52. The summed E-state index contributed by atoms with van der Waals surface area (Å²) in [6.45, 7) is 7.43. The zero-order chi connectivity index (χ0) is 21.4. The summed E-state index contributed by atoms with van der Waals surface area (Å²) in [7, 11) is 0. The van der Waals surface area contributed by atoms with Crippen LogP contribution in [-0.4, -0.2) is 57.9 Å². The fourth-order valence-corrected chi connectivity index (χ4v) is 4.65. The number of likely N-dealkylation sites (tertiary alicyclic amines) is 1. The maximum absolute atomic E-state index is 12.4. The van der Waals surface area contributed by atoms with Crippen LogP contribution in [0.2, 0.25) is 0 Å². The Labute approximate surface area is 177 Å². The van der Waals surface area contributed by atoms with Crippen molar-refractivity contribution in [3.05, 3.63) is 18.1 Å². The van der Waals surface area contributed by atoms with Crippen LogP contribution in [0.25, 0.3) is 0 Å². The average Bonchev–Trinajstić information content (AvgIpc) is 3.03. The zero-order valence-electron chi connectivity index (χ0n) is 18.2. The number of hydrogen-bond donors (Lipinski definition) is 0. The molecular formula is C22H32N4O4. The van der Waals surface area contributed by atoms with Crippen LogP contribution in [0.3, 0.4) is 0 Å². The predicted octanol–water partition coefficient (Wildman–Crippen LogP) is 4.25. The molecule has 30 heavy (non-hydrogen) atoms. The first-order valence-corrected chi connectivity index (χ1v) is 11.1. The SMILES string of the molecule is CC(C)(C)OC(=O)N1CCCC(c2cnc(N3CC4(CCCCC4)OC3=O)cn2)C1. The molecule has 1 aliphatic carbocycles. The van der Waals surface area contributed by atoms with Gasteiger partial charge in [-0.3, -0.25) is 9.88 Å². The van der Waals surface area contributed by atoms with E-state index in [0.717, 1.165) is 44.2 Å². The Morgan fingerprint density at radius 2 is 1.93 bits per heavy atom. The maximum atomic E-state index is 12.4. The third-order valence-electron chi connectivity index (χ3n) is 6.16. The Morgan fingerprint density at radius 1 is 1.17 bits per heavy atom. The highest BCUT2D eigenvalue weighted by atomic mass is 16.6. The molecule has 4 rings (SSSR count). The molecule has 2 amide bonds. The number of piperidine rings is 1. The minimum Gasteiger partial charge on any atom is -0.444 e. The summed E-state index contributed by atoms with van der Waals surface area (Å²) >= 11 is 0. The molecule has 3 aliphatic rings. The molecule has 3 heterocycles. The van der Waals surface area contributed by atoms with Crippen molar-refractivity contribution in [2.45, 2.75) is 82.8 Å². The van der Waals surface area contributed by atoms with E-state index in [4.69, 9.17) is 9.47 Å². The molecule has 2 aliphatic heterocycles. The molecule has 0 N–H and O–H groups in total. The van der Waals surface area contributed by atoms with E-state index in [-0.39, 0.29) is 23.7 Å². The van der Waals surface area contributed by atoms with Crippen LogP contribution >= 0.6 is 0 Å². The second kappa shape index (κ2) is 8.04. The van der Waals surface area contributed by atoms with E-state index in [2.05, 4.69) is 9.97 Å². The Balaban J connectivity index is 1.41. The van der Waals surface area contributed by atoms with Crippen molar-refractivity contribution in [1.29, 1.82) is 0 Å². The van der Waals surface area contributed by atoms with Crippen LogP contribution < -0.4 is 4.90 Å². The van der Waals surface area contributed by atoms with Gasteiger partial charge in [-0.05, 0) is 59.3 Å². The molecule has 1 saturated carbocycles. The summed E-state index contributed by atoms with van der Waals surface area (Å²) in [5, 5.41) is 0. The molecule has 2 saturated heterocycles. The van der Waals surface area contributed by atoms with Crippen molar-refractivity contribution in [3.63, 3.8) is 0 Å². The molecule has 0 aromatic carbocycles. The molecule has 8 heteroatoms. The van der Waals surface area contributed by atoms with Crippen LogP contribution in [0.4, 0.5) is 15.4 Å². The zero-order valence-corrected chi connectivity index (χ0v) is 18.2. The minimum absolute atomic E-state index is 0.114. The number of carbonyl (C=O) groups excluding carboxylic acids is 2. The molecular weight excluding hydrogens is 384 g/mol. The number of carbonyl (C=O) groups is 2. The van der Waals surface area contributed by atoms with Crippen LogP contribution in [0, 0.1) is 0 Å². The summed E-state index contributed by atoms with van der Waals surface area (Å²) in [6.07, 6.45) is 9.87. The van der Waals surface area contributed by atoms with Crippen LogP contribution in [-0.2, 0) is 9.47 Å². The summed E-state index contributed by atoms with van der Waals surface area (Å²) in [4.78, 5) is 37.3. The molecule has 0 radical (unpaired) electrons. The number of anilines is 1. The molecule has 1 aromatic heterocycles. The third-order valence-corrected chi connectivity index (χ3v) is 6.16. The second-order valence-corrected chi connectivity index (χ2v) is 9.76. The first-order chi connectivity index (χ1) is 14.2. The van der Waals surface area contributed by atoms with Crippen molar-refractivity contribution in [1.82, 2.24) is 14.9 Å². The molecule has 0 bridgehead atoms. The van der Waals surface area contributed by atoms with Crippen molar-refractivity contribution < 1.29 is 19.1 Å². The second-order valence-electron chi connectivity index (χ2n) is 9.76. The number of aromatic nitrogens is 2. The Morgan fingerprint density at radius 3 is 2.60 bits per heavy atom. The minimum atomic E-state index is -0.508. The van der Waals surface area contributed by atoms with Crippen LogP contribution in [0.1, 0.15) is 77.3 Å². The predicted molar refractivity (Wildman–Crippen MR) is 111 cm³/mol. The van der Waals surface area contributed by atoms with Gasteiger partial charge in [0.1, 0.15) is 11.2 Å². The summed E-state index contributed by atoms with van der Waals surface area (Å²) in [6, 6.07) is 0. The summed E-state index contributed by atoms with van der Waals surface area (Å²) < 4.78 is 11.3. The van der Waals surface area contributed by atoms with E-state index < -0.39 is 5.60 Å². The van der Waals surface area contributed by atoms with E-state index in [1.54, 1.807) is 22.2 Å². The number of nitrogens with zero attached hydrogens (tertiary/aromatic N) is 4. The van der Waals surface area contributed by atoms with Crippen molar-refractivity contribution in [2.24, 2.45) is 0 Å². The number of rotatable bonds is 2. The van der Waals surface area contributed by atoms with Gasteiger partial charge in [-0.1, -0.05) is 6.42 Å². The fraction of sp³-hybridized carbons (Fsp3) is 0.727. The fourth-order valence-electron chi connectivity index (χ4n) is 4.65. The highest BCUT2D eigenvalue weighted by molar-refractivity contribution is 5.89. The van der Waals surface area contributed by atoms with Crippen molar-refractivity contribution in [3.8, 4) is 0 Å². The highest BCUT2D eigenvalue weighted by Gasteiger charge is 2.46. The van der Waals surface area contributed by atoms with Gasteiger partial charge < -0.3 is 14.4 Å². The summed E-state index contributed by atoms with van der Waals surface area (Å²) in [5.74, 6) is 0.647. The molecule has 1 atom stereocenters. The van der Waals surface area contributed by atoms with E-state index >= 15 is 0 Å². The lowest BCUT2D eigenvalue weighted by Crippen LogP contribution is -2.42. The molecule has 164 valence electrons. The molecule has 8 nitrogen and oxygen atoms in total. The summed E-state index contributed by atoms with van der Waals surface area (Å²) in [5.41, 5.74) is -0.0228. The smallest absolute Gasteiger partial charge is 0.416 e. The monoisotopic (exact) mass is 416 g/mol. The highest BCUT2D eigenvalue weighted by Crippen LogP contribution is 2.38. The van der Waals surface area contributed by atoms with Gasteiger partial charge in [0.25, 0.3) is 0 Å². The van der Waals surface area contributed by atoms with Gasteiger partial charge in [-0.2, -0.15) is 0 Å². The van der Waals surface area contributed by atoms with Gasteiger partial charge in [0.2, 0.25) is 0 Å². The van der Waals surface area contributed by atoms with E-state index in [1.165, 1.54) is 6.42 Å². The quantitative estimate of drug-likeness (QED) is 0.716. The van der Waals surface area contributed by atoms with E-state index in [1.807, 2.05) is 20.8 Å². The molecule has 1 spiro atoms. The maximum Gasteiger partial charge on any atom is 0.416 e. The number of hydrogen-bond acceptors (Lipinski definition) is 6. The topological polar surface area (TPSA) is 84.9 Å².